The molecule has 1 rings (SSSR count). The first-order valence-electron chi connectivity index (χ1n) is 11.3. The molecule has 0 saturated heterocycles. The quantitative estimate of drug-likeness (QED) is 0.172. The van der Waals surface area contributed by atoms with E-state index in [-0.39, 0.29) is 30.9 Å². The minimum absolute atomic E-state index is 0.0768. The Labute approximate surface area is 203 Å². The Bertz CT molecular complexity index is 906. The van der Waals surface area contributed by atoms with E-state index in [4.69, 9.17) is 16.6 Å². The van der Waals surface area contributed by atoms with Crippen molar-refractivity contribution in [2.75, 3.05) is 0 Å². The maximum atomic E-state index is 13.1. The summed E-state index contributed by atoms with van der Waals surface area (Å²) < 4.78 is 0. The van der Waals surface area contributed by atoms with E-state index in [1.807, 2.05) is 6.92 Å². The van der Waals surface area contributed by atoms with E-state index >= 15 is 0 Å². The number of hydrogen-bond acceptors (Lipinski definition) is 7. The fraction of sp³-hybridized carbons (Fsp3) is 0.522. The number of carbonyl (C=O) groups is 5. The van der Waals surface area contributed by atoms with Gasteiger partial charge in [0.05, 0.1) is 6.04 Å². The molecule has 0 bridgehead atoms. The van der Waals surface area contributed by atoms with E-state index in [0.29, 0.717) is 12.0 Å². The van der Waals surface area contributed by atoms with Crippen molar-refractivity contribution in [2.45, 2.75) is 70.6 Å². The second-order valence-electron chi connectivity index (χ2n) is 8.48. The molecule has 194 valence electrons. The molecular weight excluding hydrogens is 458 g/mol. The summed E-state index contributed by atoms with van der Waals surface area (Å²) in [5.41, 5.74) is 11.9. The van der Waals surface area contributed by atoms with Gasteiger partial charge in [-0.05, 0) is 43.4 Å². The number of carboxylic acid groups (broad SMARTS) is 1. The second-order valence-corrected chi connectivity index (χ2v) is 8.48. The lowest BCUT2D eigenvalue weighted by atomic mass is 9.96. The highest BCUT2D eigenvalue weighted by molar-refractivity contribution is 5.94. The molecule has 0 heterocycles. The molecule has 9 N–H and O–H groups in total. The molecule has 5 unspecified atom stereocenters. The molecule has 4 amide bonds. The fourth-order valence-electron chi connectivity index (χ4n) is 3.13. The number of primary amides is 1. The van der Waals surface area contributed by atoms with Crippen LogP contribution in [0.4, 0.5) is 0 Å². The molecule has 0 aliphatic carbocycles. The van der Waals surface area contributed by atoms with Crippen LogP contribution in [0.2, 0.25) is 0 Å². The zero-order valence-corrected chi connectivity index (χ0v) is 20.1. The van der Waals surface area contributed by atoms with Crippen LogP contribution in [-0.2, 0) is 30.4 Å². The number of nitrogens with one attached hydrogen (secondary N) is 3. The van der Waals surface area contributed by atoms with Crippen LogP contribution in [0, 0.1) is 5.92 Å². The molecule has 0 aliphatic heterocycles. The first-order chi connectivity index (χ1) is 16.3. The Morgan fingerprint density at radius 3 is 2.06 bits per heavy atom. The molecule has 0 fully saturated rings. The van der Waals surface area contributed by atoms with Crippen LogP contribution < -0.4 is 27.4 Å². The number of aliphatic carboxylic acids is 1. The third kappa shape index (κ3) is 10.0. The van der Waals surface area contributed by atoms with Crippen molar-refractivity contribution in [3.63, 3.8) is 0 Å². The van der Waals surface area contributed by atoms with Gasteiger partial charge in [0, 0.05) is 6.42 Å². The summed E-state index contributed by atoms with van der Waals surface area (Å²) in [6.45, 7) is 4.81. The van der Waals surface area contributed by atoms with Crippen LogP contribution in [0.25, 0.3) is 0 Å². The van der Waals surface area contributed by atoms with Gasteiger partial charge in [-0.25, -0.2) is 0 Å². The second kappa shape index (κ2) is 13.9. The summed E-state index contributed by atoms with van der Waals surface area (Å²) in [4.78, 5) is 60.6. The number of nitrogens with two attached hydrogens (primary N) is 2. The minimum Gasteiger partial charge on any atom is -0.508 e. The number of carbonyl (C=O) groups excluding carboxylic acids is 4. The molecule has 12 nitrogen and oxygen atoms in total. The lowest BCUT2D eigenvalue weighted by Crippen LogP contribution is -2.58. The summed E-state index contributed by atoms with van der Waals surface area (Å²) in [5, 5.41) is 25.8. The average molecular weight is 494 g/mol. The highest BCUT2D eigenvalue weighted by atomic mass is 16.4. The maximum Gasteiger partial charge on any atom is 0.325 e. The standard InChI is InChI=1S/C23H35N5O7/c1-4-12(2)19(28-20(31)16(24)11-14-5-7-15(29)8-6-14)22(33)27-17(9-10-18(25)30)21(32)26-13(3)23(34)35/h5-8,12-13,16-17,19,29H,4,9-11,24H2,1-3H3,(H2,25,30)(H,26,32)(H,27,33)(H,28,31)(H,34,35). The van der Waals surface area contributed by atoms with E-state index in [9.17, 15) is 29.1 Å². The number of rotatable bonds is 14. The van der Waals surface area contributed by atoms with Gasteiger partial charge >= 0.3 is 5.97 Å². The topological polar surface area (TPSA) is 214 Å². The molecule has 5 atom stereocenters. The van der Waals surface area contributed by atoms with Crippen LogP contribution in [0.15, 0.2) is 24.3 Å². The minimum atomic E-state index is -1.27. The summed E-state index contributed by atoms with van der Waals surface area (Å²) in [5.74, 6) is -4.30. The highest BCUT2D eigenvalue weighted by Crippen LogP contribution is 2.13. The predicted molar refractivity (Wildman–Crippen MR) is 127 cm³/mol. The Balaban J connectivity index is 2.96. The van der Waals surface area contributed by atoms with Crippen molar-refractivity contribution in [2.24, 2.45) is 17.4 Å². The van der Waals surface area contributed by atoms with E-state index in [1.54, 1.807) is 19.1 Å². The number of phenolic OH excluding ortho intramolecular Hbond substituents is 1. The zero-order chi connectivity index (χ0) is 26.7. The Hall–Kier alpha value is -3.67. The van der Waals surface area contributed by atoms with Crippen molar-refractivity contribution in [3.8, 4) is 5.75 Å². The zero-order valence-electron chi connectivity index (χ0n) is 20.1. The Morgan fingerprint density at radius 2 is 1.54 bits per heavy atom. The van der Waals surface area contributed by atoms with Crippen LogP contribution in [-0.4, -0.2) is 64.0 Å². The van der Waals surface area contributed by atoms with Gasteiger partial charge in [0.15, 0.2) is 0 Å². The van der Waals surface area contributed by atoms with E-state index < -0.39 is 53.8 Å². The van der Waals surface area contributed by atoms with Crippen molar-refractivity contribution >= 4 is 29.6 Å². The van der Waals surface area contributed by atoms with Gasteiger partial charge in [0.25, 0.3) is 0 Å². The Morgan fingerprint density at radius 1 is 0.943 bits per heavy atom. The highest BCUT2D eigenvalue weighted by Gasteiger charge is 2.32. The summed E-state index contributed by atoms with van der Waals surface area (Å²) in [6, 6.07) is 1.70. The molecule has 0 spiro atoms. The lowest BCUT2D eigenvalue weighted by molar-refractivity contribution is -0.142. The molecule has 0 aliphatic rings. The number of phenols is 1. The number of benzene rings is 1. The van der Waals surface area contributed by atoms with Gasteiger partial charge in [0.1, 0.15) is 23.9 Å². The van der Waals surface area contributed by atoms with Crippen molar-refractivity contribution < 1.29 is 34.2 Å². The Kier molecular flexibility index (Phi) is 11.7. The first kappa shape index (κ1) is 29.4. The van der Waals surface area contributed by atoms with E-state index in [1.165, 1.54) is 19.1 Å². The average Bonchev–Trinajstić information content (AvgIpc) is 2.80. The van der Waals surface area contributed by atoms with Crippen LogP contribution in [0.1, 0.15) is 45.6 Å². The van der Waals surface area contributed by atoms with Gasteiger partial charge in [-0.3, -0.25) is 24.0 Å². The molecule has 35 heavy (non-hydrogen) atoms. The SMILES string of the molecule is CCC(C)C(NC(=O)C(N)Cc1ccc(O)cc1)C(=O)NC(CCC(N)=O)C(=O)NC(C)C(=O)O. The summed E-state index contributed by atoms with van der Waals surface area (Å²) >= 11 is 0. The van der Waals surface area contributed by atoms with Crippen LogP contribution in [0.3, 0.4) is 0 Å². The maximum absolute atomic E-state index is 13.1. The van der Waals surface area contributed by atoms with Crippen molar-refractivity contribution in [3.05, 3.63) is 29.8 Å². The van der Waals surface area contributed by atoms with Gasteiger partial charge < -0.3 is 37.6 Å². The van der Waals surface area contributed by atoms with Gasteiger partial charge in [-0.15, -0.1) is 0 Å². The van der Waals surface area contributed by atoms with Crippen LogP contribution in [0.5, 0.6) is 5.75 Å². The number of hydrogen-bond donors (Lipinski definition) is 7. The number of carboxylic acids is 1. The number of amides is 4. The van der Waals surface area contributed by atoms with Gasteiger partial charge in [-0.1, -0.05) is 32.4 Å². The molecule has 1 aromatic carbocycles. The van der Waals surface area contributed by atoms with E-state index in [0.717, 1.165) is 0 Å². The molecule has 12 heteroatoms. The predicted octanol–water partition coefficient (Wildman–Crippen LogP) is -0.867. The van der Waals surface area contributed by atoms with Gasteiger partial charge in [-0.2, -0.15) is 0 Å². The van der Waals surface area contributed by atoms with Crippen molar-refractivity contribution in [1.82, 2.24) is 16.0 Å². The fourth-order valence-corrected chi connectivity index (χ4v) is 3.13. The molecule has 0 radical (unpaired) electrons. The smallest absolute Gasteiger partial charge is 0.325 e. The molecule has 0 saturated carbocycles. The molecule has 1 aromatic rings. The number of aromatic hydroxyl groups is 1. The van der Waals surface area contributed by atoms with Gasteiger partial charge in [0.2, 0.25) is 23.6 Å². The molecular formula is C23H35N5O7. The molecule has 0 aromatic heterocycles. The largest absolute Gasteiger partial charge is 0.508 e. The van der Waals surface area contributed by atoms with E-state index in [2.05, 4.69) is 16.0 Å². The first-order valence-corrected chi connectivity index (χ1v) is 11.3. The lowest BCUT2D eigenvalue weighted by Gasteiger charge is -2.27. The van der Waals surface area contributed by atoms with Crippen LogP contribution >= 0.6 is 0 Å². The third-order valence-corrected chi connectivity index (χ3v) is 5.56. The monoisotopic (exact) mass is 493 g/mol. The third-order valence-electron chi connectivity index (χ3n) is 5.56. The summed E-state index contributed by atoms with van der Waals surface area (Å²) in [6.07, 6.45) is 0.301. The normalized spacial score (nSPS) is 15.1. The summed E-state index contributed by atoms with van der Waals surface area (Å²) in [7, 11) is 0. The van der Waals surface area contributed by atoms with Crippen molar-refractivity contribution in [1.29, 1.82) is 0 Å².